The fraction of sp³-hybridized carbons (Fsp3) is 0.500. The number of aromatic nitrogens is 1. The molecule has 0 amide bonds. The van der Waals surface area contributed by atoms with Crippen LogP contribution >= 0.6 is 0 Å². The molecule has 0 aliphatic heterocycles. The molecule has 72 valence electrons. The molecule has 3 N–H and O–H groups in total. The fourth-order valence-electron chi connectivity index (χ4n) is 0.926. The molecular formula is C10H17N3. The van der Waals surface area contributed by atoms with Crippen molar-refractivity contribution in [2.24, 2.45) is 5.92 Å². The predicted molar refractivity (Wildman–Crippen MR) is 56.6 cm³/mol. The first-order valence-electron chi connectivity index (χ1n) is 4.57. The van der Waals surface area contributed by atoms with Crippen LogP contribution in [0.25, 0.3) is 0 Å². The molecule has 0 aliphatic rings. The number of nitrogens with two attached hydrogens (primary N) is 1. The van der Waals surface area contributed by atoms with E-state index in [1.165, 1.54) is 0 Å². The summed E-state index contributed by atoms with van der Waals surface area (Å²) in [6.07, 6.45) is 1.71. The number of hydrogen-bond acceptors (Lipinski definition) is 3. The van der Waals surface area contributed by atoms with Gasteiger partial charge in [-0.05, 0) is 18.9 Å². The molecule has 0 spiro atoms. The zero-order valence-electron chi connectivity index (χ0n) is 8.41. The molecule has 0 bridgehead atoms. The van der Waals surface area contributed by atoms with Gasteiger partial charge < -0.3 is 11.1 Å². The van der Waals surface area contributed by atoms with Crippen LogP contribution in [0, 0.1) is 5.92 Å². The van der Waals surface area contributed by atoms with Gasteiger partial charge in [-0.3, -0.25) is 0 Å². The van der Waals surface area contributed by atoms with Crippen LogP contribution in [-0.2, 0) is 0 Å². The summed E-state index contributed by atoms with van der Waals surface area (Å²) in [5.74, 6) is 1.43. The van der Waals surface area contributed by atoms with Gasteiger partial charge in [-0.15, -0.1) is 0 Å². The van der Waals surface area contributed by atoms with Crippen molar-refractivity contribution < 1.29 is 0 Å². The summed E-state index contributed by atoms with van der Waals surface area (Å²) in [4.78, 5) is 4.17. The Labute approximate surface area is 79.4 Å². The summed E-state index contributed by atoms with van der Waals surface area (Å²) < 4.78 is 0. The minimum atomic E-state index is 0.411. The lowest BCUT2D eigenvalue weighted by Gasteiger charge is -2.17. The molecule has 0 fully saturated rings. The predicted octanol–water partition coefficient (Wildman–Crippen LogP) is 2.12. The van der Waals surface area contributed by atoms with E-state index in [-0.39, 0.29) is 0 Å². The minimum Gasteiger partial charge on any atom is -0.399 e. The van der Waals surface area contributed by atoms with Gasteiger partial charge in [0.2, 0.25) is 0 Å². The first kappa shape index (κ1) is 9.84. The Hall–Kier alpha value is -1.25. The van der Waals surface area contributed by atoms with Crippen LogP contribution in [-0.4, -0.2) is 11.0 Å². The maximum Gasteiger partial charge on any atom is 0.128 e. The van der Waals surface area contributed by atoms with Crippen molar-refractivity contribution in [3.63, 3.8) is 0 Å². The lowest BCUT2D eigenvalue weighted by Crippen LogP contribution is -2.22. The molecule has 0 aromatic carbocycles. The van der Waals surface area contributed by atoms with Gasteiger partial charge in [0.15, 0.2) is 0 Å². The van der Waals surface area contributed by atoms with Crippen LogP contribution in [0.3, 0.4) is 0 Å². The second-order valence-electron chi connectivity index (χ2n) is 3.65. The zero-order valence-corrected chi connectivity index (χ0v) is 8.41. The van der Waals surface area contributed by atoms with Crippen molar-refractivity contribution >= 4 is 11.5 Å². The van der Waals surface area contributed by atoms with E-state index in [9.17, 15) is 0 Å². The first-order chi connectivity index (χ1) is 6.09. The van der Waals surface area contributed by atoms with Crippen molar-refractivity contribution in [2.75, 3.05) is 11.1 Å². The molecule has 1 aromatic rings. The molecule has 1 heterocycles. The molecule has 0 saturated carbocycles. The average Bonchev–Trinajstić information content (AvgIpc) is 2.04. The van der Waals surface area contributed by atoms with Gasteiger partial charge in [0.1, 0.15) is 5.82 Å². The fourth-order valence-corrected chi connectivity index (χ4v) is 0.926. The largest absolute Gasteiger partial charge is 0.399 e. The van der Waals surface area contributed by atoms with E-state index in [1.807, 2.05) is 6.07 Å². The lowest BCUT2D eigenvalue weighted by atomic mass is 10.1. The van der Waals surface area contributed by atoms with Gasteiger partial charge in [0.05, 0.1) is 0 Å². The Bertz CT molecular complexity index is 271. The quantitative estimate of drug-likeness (QED) is 0.747. The topological polar surface area (TPSA) is 50.9 Å². The minimum absolute atomic E-state index is 0.411. The molecule has 1 atom stereocenters. The van der Waals surface area contributed by atoms with Crippen molar-refractivity contribution in [2.45, 2.75) is 26.8 Å². The van der Waals surface area contributed by atoms with Gasteiger partial charge in [0, 0.05) is 24.0 Å². The Morgan fingerprint density at radius 2 is 2.08 bits per heavy atom. The summed E-state index contributed by atoms with van der Waals surface area (Å²) in [5, 5.41) is 3.29. The number of rotatable bonds is 3. The van der Waals surface area contributed by atoms with Crippen molar-refractivity contribution in [3.05, 3.63) is 18.3 Å². The van der Waals surface area contributed by atoms with Crippen LogP contribution < -0.4 is 11.1 Å². The highest BCUT2D eigenvalue weighted by molar-refractivity contribution is 5.48. The molecule has 0 radical (unpaired) electrons. The zero-order chi connectivity index (χ0) is 9.84. The third-order valence-electron chi connectivity index (χ3n) is 2.16. The van der Waals surface area contributed by atoms with Crippen molar-refractivity contribution in [1.29, 1.82) is 0 Å². The van der Waals surface area contributed by atoms with Crippen LogP contribution in [0.2, 0.25) is 0 Å². The molecule has 13 heavy (non-hydrogen) atoms. The third-order valence-corrected chi connectivity index (χ3v) is 2.16. The highest BCUT2D eigenvalue weighted by atomic mass is 15.0. The van der Waals surface area contributed by atoms with E-state index >= 15 is 0 Å². The molecule has 1 rings (SSSR count). The maximum atomic E-state index is 5.63. The van der Waals surface area contributed by atoms with E-state index in [4.69, 9.17) is 5.73 Å². The first-order valence-corrected chi connectivity index (χ1v) is 4.57. The van der Waals surface area contributed by atoms with E-state index in [1.54, 1.807) is 12.3 Å². The second kappa shape index (κ2) is 4.12. The molecular weight excluding hydrogens is 162 g/mol. The van der Waals surface area contributed by atoms with Crippen LogP contribution in [0.15, 0.2) is 18.3 Å². The lowest BCUT2D eigenvalue weighted by molar-refractivity contribution is 0.558. The Morgan fingerprint density at radius 3 is 2.62 bits per heavy atom. The summed E-state index contributed by atoms with van der Waals surface area (Å²) in [7, 11) is 0. The Morgan fingerprint density at radius 1 is 1.38 bits per heavy atom. The molecule has 1 unspecified atom stereocenters. The third kappa shape index (κ3) is 2.93. The molecule has 1 aromatic heterocycles. The maximum absolute atomic E-state index is 5.63. The van der Waals surface area contributed by atoms with Crippen LogP contribution in [0.4, 0.5) is 11.5 Å². The van der Waals surface area contributed by atoms with Crippen LogP contribution in [0.1, 0.15) is 20.8 Å². The van der Waals surface area contributed by atoms with E-state index in [0.29, 0.717) is 12.0 Å². The average molecular weight is 179 g/mol. The van der Waals surface area contributed by atoms with Gasteiger partial charge in [-0.25, -0.2) is 4.98 Å². The van der Waals surface area contributed by atoms with Gasteiger partial charge >= 0.3 is 0 Å². The summed E-state index contributed by atoms with van der Waals surface area (Å²) in [6, 6.07) is 4.04. The second-order valence-corrected chi connectivity index (χ2v) is 3.65. The highest BCUT2D eigenvalue weighted by Crippen LogP contribution is 2.12. The number of nitrogens with one attached hydrogen (secondary N) is 1. The van der Waals surface area contributed by atoms with E-state index in [2.05, 4.69) is 31.1 Å². The van der Waals surface area contributed by atoms with E-state index < -0.39 is 0 Å². The molecule has 0 aliphatic carbocycles. The number of pyridine rings is 1. The molecule has 0 saturated heterocycles. The SMILES string of the molecule is CC(C)C(C)Nc1cc(N)ccn1. The number of anilines is 2. The number of nitrogen functional groups attached to an aromatic ring is 1. The van der Waals surface area contributed by atoms with Crippen molar-refractivity contribution in [1.82, 2.24) is 4.98 Å². The van der Waals surface area contributed by atoms with E-state index in [0.717, 1.165) is 11.5 Å². The standard InChI is InChI=1S/C10H17N3/c1-7(2)8(3)13-10-6-9(11)4-5-12-10/h4-8H,1-3H3,(H3,11,12,13). The van der Waals surface area contributed by atoms with Crippen LogP contribution in [0.5, 0.6) is 0 Å². The monoisotopic (exact) mass is 179 g/mol. The van der Waals surface area contributed by atoms with Crippen molar-refractivity contribution in [3.8, 4) is 0 Å². The van der Waals surface area contributed by atoms with Gasteiger partial charge in [-0.1, -0.05) is 13.8 Å². The smallest absolute Gasteiger partial charge is 0.128 e. The summed E-state index contributed by atoms with van der Waals surface area (Å²) in [6.45, 7) is 6.48. The molecule has 3 heteroatoms. The highest BCUT2D eigenvalue weighted by Gasteiger charge is 2.06. The number of nitrogens with zero attached hydrogens (tertiary/aromatic N) is 1. The summed E-state index contributed by atoms with van der Waals surface area (Å²) in [5.41, 5.74) is 6.37. The Kier molecular flexibility index (Phi) is 3.12. The summed E-state index contributed by atoms with van der Waals surface area (Å²) >= 11 is 0. The Balaban J connectivity index is 2.64. The molecule has 3 nitrogen and oxygen atoms in total. The van der Waals surface area contributed by atoms with Gasteiger partial charge in [-0.2, -0.15) is 0 Å². The van der Waals surface area contributed by atoms with Gasteiger partial charge in [0.25, 0.3) is 0 Å². The normalized spacial score (nSPS) is 12.9. The number of hydrogen-bond donors (Lipinski definition) is 2.